The van der Waals surface area contributed by atoms with Crippen molar-refractivity contribution in [3.63, 3.8) is 0 Å². The minimum atomic E-state index is -0.178. The van der Waals surface area contributed by atoms with E-state index in [4.69, 9.17) is 0 Å². The van der Waals surface area contributed by atoms with E-state index in [0.29, 0.717) is 29.4 Å². The van der Waals surface area contributed by atoms with Crippen molar-refractivity contribution in [1.29, 1.82) is 0 Å². The number of rotatable bonds is 4. The predicted molar refractivity (Wildman–Crippen MR) is 160 cm³/mol. The Bertz CT molecular complexity index is 1460. The molecule has 2 aliphatic rings. The first-order valence-corrected chi connectivity index (χ1v) is 13.4. The molecule has 0 aliphatic carbocycles. The Morgan fingerprint density at radius 1 is 0.769 bits per heavy atom. The van der Waals surface area contributed by atoms with Crippen LogP contribution in [0.25, 0.3) is 11.1 Å². The van der Waals surface area contributed by atoms with E-state index < -0.39 is 0 Å². The highest BCUT2D eigenvalue weighted by Gasteiger charge is 2.32. The molecule has 0 spiro atoms. The maximum atomic E-state index is 13.8. The fourth-order valence-corrected chi connectivity index (χ4v) is 5.70. The number of piperidine rings is 1. The standard InChI is InChI=1S/C33H31N3O2.ClH/c37-32(30-15-6-5-14-29(30)24-10-2-1-3-11-24)34-27-19-17-25(18-20-27)33(38)36-23-28-13-8-9-21-35(28)22-26-12-4-7-16-31(26)36;/h1-7,10-12,14-20,28H,8-9,13,21-23H2,(H,34,37);1H. The molecule has 0 saturated carbocycles. The highest BCUT2D eigenvalue weighted by Crippen LogP contribution is 2.32. The van der Waals surface area contributed by atoms with Gasteiger partial charge in [0.15, 0.2) is 0 Å². The number of hydrogen-bond donors (Lipinski definition) is 1. The summed E-state index contributed by atoms with van der Waals surface area (Å²) in [5.74, 6) is -0.181. The molecule has 1 fully saturated rings. The first-order valence-electron chi connectivity index (χ1n) is 13.4. The van der Waals surface area contributed by atoms with Gasteiger partial charge in [-0.15, -0.1) is 12.4 Å². The number of para-hydroxylation sites is 1. The molecule has 0 aromatic heterocycles. The highest BCUT2D eigenvalue weighted by atomic mass is 35.5. The minimum Gasteiger partial charge on any atom is -0.322 e. The Kier molecular flexibility index (Phi) is 8.10. The van der Waals surface area contributed by atoms with Crippen LogP contribution in [0, 0.1) is 0 Å². The average molecular weight is 538 g/mol. The SMILES string of the molecule is Cl.O=C(Nc1ccc(C(=O)N2CC3CCCCN3Cc3ccccc32)cc1)c1ccccc1-c1ccccc1. The molecule has 0 bridgehead atoms. The molecule has 5 nitrogen and oxygen atoms in total. The number of hydrogen-bond acceptors (Lipinski definition) is 3. The largest absolute Gasteiger partial charge is 0.322 e. The summed E-state index contributed by atoms with van der Waals surface area (Å²) >= 11 is 0. The molecule has 2 amide bonds. The van der Waals surface area contributed by atoms with Crippen molar-refractivity contribution in [1.82, 2.24) is 4.90 Å². The third-order valence-corrected chi connectivity index (χ3v) is 7.69. The first-order chi connectivity index (χ1) is 18.7. The molecule has 6 heteroatoms. The number of benzene rings is 4. The van der Waals surface area contributed by atoms with E-state index in [1.54, 1.807) is 0 Å². The average Bonchev–Trinajstić information content (AvgIpc) is 3.14. The number of amides is 2. The van der Waals surface area contributed by atoms with Crippen molar-refractivity contribution in [2.24, 2.45) is 0 Å². The van der Waals surface area contributed by atoms with Crippen LogP contribution < -0.4 is 10.2 Å². The molecule has 1 atom stereocenters. The van der Waals surface area contributed by atoms with E-state index in [1.165, 1.54) is 18.4 Å². The number of carbonyl (C=O) groups is 2. The molecule has 198 valence electrons. The molecule has 4 aromatic carbocycles. The third-order valence-electron chi connectivity index (χ3n) is 7.69. The Balaban J connectivity index is 0.00000308. The van der Waals surface area contributed by atoms with Gasteiger partial charge in [-0.1, -0.05) is 73.2 Å². The first kappa shape index (κ1) is 26.7. The van der Waals surface area contributed by atoms with Gasteiger partial charge in [-0.2, -0.15) is 0 Å². The fraction of sp³-hybridized carbons (Fsp3) is 0.212. The summed E-state index contributed by atoms with van der Waals surface area (Å²) in [6.45, 7) is 2.67. The van der Waals surface area contributed by atoms with E-state index in [2.05, 4.69) is 28.4 Å². The van der Waals surface area contributed by atoms with Crippen LogP contribution >= 0.6 is 12.4 Å². The molecule has 4 aromatic rings. The van der Waals surface area contributed by atoms with E-state index >= 15 is 0 Å². The molecule has 39 heavy (non-hydrogen) atoms. The summed E-state index contributed by atoms with van der Waals surface area (Å²) in [6.07, 6.45) is 3.55. The minimum absolute atomic E-state index is 0. The topological polar surface area (TPSA) is 52.7 Å². The third kappa shape index (κ3) is 5.60. The number of carbonyl (C=O) groups excluding carboxylic acids is 2. The summed E-state index contributed by atoms with van der Waals surface area (Å²) < 4.78 is 0. The molecular formula is C33H32ClN3O2. The van der Waals surface area contributed by atoms with Crippen molar-refractivity contribution in [3.8, 4) is 11.1 Å². The van der Waals surface area contributed by atoms with Gasteiger partial charge in [-0.3, -0.25) is 14.5 Å². The van der Waals surface area contributed by atoms with Gasteiger partial charge in [0.2, 0.25) is 0 Å². The summed E-state index contributed by atoms with van der Waals surface area (Å²) in [7, 11) is 0. The maximum Gasteiger partial charge on any atom is 0.258 e. The van der Waals surface area contributed by atoms with E-state index in [1.807, 2.05) is 89.8 Å². The van der Waals surface area contributed by atoms with E-state index in [9.17, 15) is 9.59 Å². The lowest BCUT2D eigenvalue weighted by Gasteiger charge is -2.35. The molecule has 6 rings (SSSR count). The van der Waals surface area contributed by atoms with Gasteiger partial charge in [0.1, 0.15) is 0 Å². The van der Waals surface area contributed by atoms with E-state index in [0.717, 1.165) is 36.3 Å². The number of nitrogens with one attached hydrogen (secondary N) is 1. The number of halogens is 1. The monoisotopic (exact) mass is 537 g/mol. The molecule has 0 radical (unpaired) electrons. The van der Waals surface area contributed by atoms with Crippen molar-refractivity contribution < 1.29 is 9.59 Å². The van der Waals surface area contributed by atoms with Gasteiger partial charge in [0, 0.05) is 41.6 Å². The van der Waals surface area contributed by atoms with Crippen molar-refractivity contribution in [2.45, 2.75) is 31.8 Å². The molecular weight excluding hydrogens is 506 g/mol. The summed E-state index contributed by atoms with van der Waals surface area (Å²) in [5, 5.41) is 3.01. The zero-order valence-electron chi connectivity index (χ0n) is 21.8. The summed E-state index contributed by atoms with van der Waals surface area (Å²) in [6, 6.07) is 33.4. The second-order valence-corrected chi connectivity index (χ2v) is 10.1. The normalized spacial score (nSPS) is 16.7. The van der Waals surface area contributed by atoms with Gasteiger partial charge >= 0.3 is 0 Å². The van der Waals surface area contributed by atoms with Crippen molar-refractivity contribution in [3.05, 3.63) is 120 Å². The lowest BCUT2D eigenvalue weighted by Crippen LogP contribution is -2.45. The van der Waals surface area contributed by atoms with Crippen LogP contribution in [0.3, 0.4) is 0 Å². The summed E-state index contributed by atoms with van der Waals surface area (Å²) in [5.41, 5.74) is 5.96. The van der Waals surface area contributed by atoms with Gasteiger partial charge < -0.3 is 10.2 Å². The summed E-state index contributed by atoms with van der Waals surface area (Å²) in [4.78, 5) is 31.4. The van der Waals surface area contributed by atoms with Gasteiger partial charge in [0.25, 0.3) is 11.8 Å². The van der Waals surface area contributed by atoms with Crippen molar-refractivity contribution in [2.75, 3.05) is 23.3 Å². The van der Waals surface area contributed by atoms with Crippen LogP contribution in [-0.2, 0) is 6.54 Å². The highest BCUT2D eigenvalue weighted by molar-refractivity contribution is 6.10. The molecule has 2 aliphatic heterocycles. The molecule has 1 N–H and O–H groups in total. The van der Waals surface area contributed by atoms with Crippen LogP contribution in [0.5, 0.6) is 0 Å². The van der Waals surface area contributed by atoms with Gasteiger partial charge in [0.05, 0.1) is 0 Å². The Hall–Kier alpha value is -3.93. The predicted octanol–water partition coefficient (Wildman–Crippen LogP) is 7.04. The van der Waals surface area contributed by atoms with Gasteiger partial charge in [-0.05, 0) is 72.5 Å². The smallest absolute Gasteiger partial charge is 0.258 e. The zero-order chi connectivity index (χ0) is 25.9. The van der Waals surface area contributed by atoms with Crippen molar-refractivity contribution >= 4 is 35.6 Å². The Morgan fingerprint density at radius 3 is 2.31 bits per heavy atom. The molecule has 2 heterocycles. The Morgan fingerprint density at radius 2 is 1.49 bits per heavy atom. The molecule has 1 unspecified atom stereocenters. The maximum absolute atomic E-state index is 13.8. The molecule has 1 saturated heterocycles. The Labute approximate surface area is 235 Å². The number of fused-ring (bicyclic) bond motifs is 2. The van der Waals surface area contributed by atoms with Gasteiger partial charge in [-0.25, -0.2) is 0 Å². The van der Waals surface area contributed by atoms with Crippen LogP contribution in [0.4, 0.5) is 11.4 Å². The quantitative estimate of drug-likeness (QED) is 0.304. The fourth-order valence-electron chi connectivity index (χ4n) is 5.70. The second kappa shape index (κ2) is 11.9. The lowest BCUT2D eigenvalue weighted by molar-refractivity contribution is 0.0965. The van der Waals surface area contributed by atoms with Crippen LogP contribution in [0.15, 0.2) is 103 Å². The number of nitrogens with zero attached hydrogens (tertiary/aromatic N) is 2. The van der Waals surface area contributed by atoms with E-state index in [-0.39, 0.29) is 24.2 Å². The number of anilines is 2. The lowest BCUT2D eigenvalue weighted by atomic mass is 9.99. The van der Waals surface area contributed by atoms with Crippen LogP contribution in [0.2, 0.25) is 0 Å². The zero-order valence-corrected chi connectivity index (χ0v) is 22.6. The van der Waals surface area contributed by atoms with Crippen LogP contribution in [0.1, 0.15) is 45.5 Å². The second-order valence-electron chi connectivity index (χ2n) is 10.1. The van der Waals surface area contributed by atoms with Crippen LogP contribution in [-0.4, -0.2) is 35.8 Å².